The average Bonchev–Trinajstić information content (AvgIpc) is 2.00. The Bertz CT molecular complexity index is 202. The van der Waals surface area contributed by atoms with E-state index in [1.54, 1.807) is 6.92 Å². The van der Waals surface area contributed by atoms with Crippen LogP contribution in [-0.4, -0.2) is 101 Å². The molecule has 15 heavy (non-hydrogen) atoms. The Morgan fingerprint density at radius 3 is 1.93 bits per heavy atom. The van der Waals surface area contributed by atoms with Gasteiger partial charge in [-0.3, -0.25) is 0 Å². The molecular formula is C9H18KNO4. The minimum absolute atomic E-state index is 0. The van der Waals surface area contributed by atoms with Crippen LogP contribution in [0.5, 0.6) is 0 Å². The first kappa shape index (κ1) is 20.7. The number of nitrogens with zero attached hydrogens (tertiary/aromatic N) is 1. The van der Waals surface area contributed by atoms with Crippen molar-refractivity contribution in [2.45, 2.75) is 6.92 Å². The van der Waals surface area contributed by atoms with Gasteiger partial charge >= 0.3 is 63.3 Å². The van der Waals surface area contributed by atoms with Crippen molar-refractivity contribution in [3.63, 3.8) is 0 Å². The normalized spacial score (nSPS) is 8.87. The number of ether oxygens (including phenoxy) is 1. The Morgan fingerprint density at radius 1 is 1.27 bits per heavy atom. The van der Waals surface area contributed by atoms with Gasteiger partial charge in [-0.05, 0) is 28.1 Å². The number of carboxylic acids is 1. The average molecular weight is 243 g/mol. The first-order chi connectivity index (χ1) is 6.40. The van der Waals surface area contributed by atoms with Gasteiger partial charge in [-0.15, -0.1) is 0 Å². The maximum absolute atomic E-state index is 10.4. The van der Waals surface area contributed by atoms with Gasteiger partial charge in [0, 0.05) is 12.2 Å². The van der Waals surface area contributed by atoms with E-state index in [0.29, 0.717) is 0 Å². The third-order valence-corrected chi connectivity index (χ3v) is 0.649. The number of rotatable bonds is 3. The summed E-state index contributed by atoms with van der Waals surface area (Å²) >= 11 is 0. The van der Waals surface area contributed by atoms with Gasteiger partial charge in [-0.25, -0.2) is 9.59 Å². The van der Waals surface area contributed by atoms with E-state index in [9.17, 15) is 9.59 Å². The van der Waals surface area contributed by atoms with E-state index in [1.165, 1.54) is 0 Å². The Morgan fingerprint density at radius 2 is 1.67 bits per heavy atom. The zero-order chi connectivity index (χ0) is 11.6. The second-order valence-electron chi connectivity index (χ2n) is 2.77. The molecule has 0 atom stereocenters. The van der Waals surface area contributed by atoms with Crippen LogP contribution in [0, 0.1) is 0 Å². The first-order valence-electron chi connectivity index (χ1n) is 4.08. The monoisotopic (exact) mass is 243 g/mol. The topological polar surface area (TPSA) is 66.8 Å². The molecule has 0 aliphatic carbocycles. The molecule has 0 aliphatic rings. The van der Waals surface area contributed by atoms with Crippen LogP contribution in [0.1, 0.15) is 6.92 Å². The number of carbonyl (C=O) groups is 2. The van der Waals surface area contributed by atoms with Crippen LogP contribution in [0.25, 0.3) is 0 Å². The van der Waals surface area contributed by atoms with Gasteiger partial charge in [0.15, 0.2) is 0 Å². The fraction of sp³-hybridized carbons (Fsp3) is 0.556. The van der Waals surface area contributed by atoms with Gasteiger partial charge in [-0.1, -0.05) is 0 Å². The summed E-state index contributed by atoms with van der Waals surface area (Å²) in [5.74, 6) is -1.79. The standard InChI is InChI=1S/C6H8O4.C3H9N.K.H/c1-2-10-6(9)4-3-5(7)8;1-4(2)3;;/h3-4H,2H2,1H3,(H,7,8);1-3H3;;/b4-3+;;;. The van der Waals surface area contributed by atoms with Gasteiger partial charge in [-0.2, -0.15) is 0 Å². The molecule has 0 aliphatic heterocycles. The van der Waals surface area contributed by atoms with Crippen molar-refractivity contribution in [2.24, 2.45) is 0 Å². The summed E-state index contributed by atoms with van der Waals surface area (Å²) in [4.78, 5) is 22.2. The van der Waals surface area contributed by atoms with E-state index < -0.39 is 11.9 Å². The molecule has 0 saturated carbocycles. The summed E-state index contributed by atoms with van der Waals surface area (Å²) in [5, 5.41) is 8.04. The number of carbonyl (C=O) groups excluding carboxylic acids is 1. The van der Waals surface area contributed by atoms with E-state index in [2.05, 4.69) is 4.74 Å². The summed E-state index contributed by atoms with van der Waals surface area (Å²) in [5.41, 5.74) is 0. The van der Waals surface area contributed by atoms with E-state index in [1.807, 2.05) is 26.0 Å². The molecule has 0 radical (unpaired) electrons. The fourth-order valence-corrected chi connectivity index (χ4v) is 0.330. The van der Waals surface area contributed by atoms with Crippen LogP contribution in [-0.2, 0) is 14.3 Å². The molecular weight excluding hydrogens is 225 g/mol. The van der Waals surface area contributed by atoms with Crippen molar-refractivity contribution in [3.05, 3.63) is 12.2 Å². The number of hydrogen-bond acceptors (Lipinski definition) is 4. The third kappa shape index (κ3) is 31.4. The van der Waals surface area contributed by atoms with Gasteiger partial charge in [0.05, 0.1) is 6.61 Å². The van der Waals surface area contributed by atoms with Crippen LogP contribution < -0.4 is 0 Å². The number of esters is 1. The molecule has 0 amide bonds. The molecule has 0 aromatic carbocycles. The Labute approximate surface area is 133 Å². The molecule has 0 unspecified atom stereocenters. The molecule has 6 heteroatoms. The van der Waals surface area contributed by atoms with Crippen LogP contribution in [0.4, 0.5) is 0 Å². The van der Waals surface area contributed by atoms with Gasteiger partial charge in [0.1, 0.15) is 0 Å². The summed E-state index contributed by atoms with van der Waals surface area (Å²) < 4.78 is 4.40. The molecule has 0 aromatic rings. The molecule has 0 heterocycles. The zero-order valence-corrected chi connectivity index (χ0v) is 8.98. The summed E-state index contributed by atoms with van der Waals surface area (Å²) in [6.07, 6.45) is 1.60. The molecule has 0 aromatic heterocycles. The van der Waals surface area contributed by atoms with Crippen LogP contribution in [0.3, 0.4) is 0 Å². The van der Waals surface area contributed by atoms with Crippen molar-refractivity contribution >= 4 is 63.3 Å². The van der Waals surface area contributed by atoms with Crippen LogP contribution in [0.2, 0.25) is 0 Å². The molecule has 0 saturated heterocycles. The molecule has 84 valence electrons. The fourth-order valence-electron chi connectivity index (χ4n) is 0.330. The van der Waals surface area contributed by atoms with Crippen molar-refractivity contribution in [1.82, 2.24) is 4.90 Å². The van der Waals surface area contributed by atoms with Gasteiger partial charge < -0.3 is 14.7 Å². The zero-order valence-electron chi connectivity index (χ0n) is 8.98. The third-order valence-electron chi connectivity index (χ3n) is 0.649. The number of carboxylic acid groups (broad SMARTS) is 1. The van der Waals surface area contributed by atoms with Crippen molar-refractivity contribution in [2.75, 3.05) is 27.7 Å². The molecule has 0 fully saturated rings. The molecule has 0 bridgehead atoms. The molecule has 0 spiro atoms. The summed E-state index contributed by atoms with van der Waals surface area (Å²) in [7, 11) is 6.00. The quantitative estimate of drug-likeness (QED) is 0.419. The van der Waals surface area contributed by atoms with E-state index >= 15 is 0 Å². The second kappa shape index (κ2) is 14.3. The SMILES string of the molecule is CCOC(=O)/C=C/C(=O)O.CN(C)C.[KH]. The first-order valence-corrected chi connectivity index (χ1v) is 4.08. The molecule has 0 rings (SSSR count). The van der Waals surface area contributed by atoms with Crippen molar-refractivity contribution in [1.29, 1.82) is 0 Å². The minimum atomic E-state index is -1.16. The van der Waals surface area contributed by atoms with Gasteiger partial charge in [0.25, 0.3) is 0 Å². The Hall–Kier alpha value is 0.276. The molecule has 5 nitrogen and oxygen atoms in total. The van der Waals surface area contributed by atoms with E-state index in [-0.39, 0.29) is 58.0 Å². The Kier molecular flexibility index (Phi) is 19.7. The van der Waals surface area contributed by atoms with E-state index in [4.69, 9.17) is 5.11 Å². The summed E-state index contributed by atoms with van der Waals surface area (Å²) in [6, 6.07) is 0. The number of hydrogen-bond donors (Lipinski definition) is 1. The molecule has 1 N–H and O–H groups in total. The van der Waals surface area contributed by atoms with Crippen molar-refractivity contribution < 1.29 is 19.4 Å². The number of aliphatic carboxylic acids is 1. The van der Waals surface area contributed by atoms with Crippen LogP contribution >= 0.6 is 0 Å². The maximum atomic E-state index is 10.4. The Balaban J connectivity index is -0.000000249. The predicted molar refractivity (Wildman–Crippen MR) is 60.2 cm³/mol. The van der Waals surface area contributed by atoms with Crippen molar-refractivity contribution in [3.8, 4) is 0 Å². The van der Waals surface area contributed by atoms with Gasteiger partial charge in [0.2, 0.25) is 0 Å². The second-order valence-corrected chi connectivity index (χ2v) is 2.77. The summed E-state index contributed by atoms with van der Waals surface area (Å²) in [6.45, 7) is 1.90. The predicted octanol–water partition coefficient (Wildman–Crippen LogP) is -0.280. The van der Waals surface area contributed by atoms with Crippen LogP contribution in [0.15, 0.2) is 12.2 Å². The van der Waals surface area contributed by atoms with E-state index in [0.717, 1.165) is 12.2 Å².